The van der Waals surface area contributed by atoms with Crippen molar-refractivity contribution in [2.24, 2.45) is 7.05 Å². The largest absolute Gasteiger partial charge is 0.310 e. The second-order valence-corrected chi connectivity index (χ2v) is 5.30. The monoisotopic (exact) mass is 263 g/mol. The maximum absolute atomic E-state index is 11.7. The standard InChI is InChI=1S/C11H13N5OS/c1-6-9-10(7-3-4-12-14-7)18-5-8(17)13-11(9)16(2)15-6/h3-4,10H,5H2,1-2H3,(H,12,14)(H,13,17). The van der Waals surface area contributed by atoms with Gasteiger partial charge in [0.2, 0.25) is 5.91 Å². The molecular weight excluding hydrogens is 250 g/mol. The molecule has 0 saturated heterocycles. The van der Waals surface area contributed by atoms with Crippen molar-refractivity contribution in [1.82, 2.24) is 20.0 Å². The summed E-state index contributed by atoms with van der Waals surface area (Å²) >= 11 is 1.57. The summed E-state index contributed by atoms with van der Waals surface area (Å²) in [6, 6.07) is 1.93. The average molecular weight is 263 g/mol. The van der Waals surface area contributed by atoms with Crippen LogP contribution in [0.25, 0.3) is 0 Å². The van der Waals surface area contributed by atoms with Gasteiger partial charge in [-0.15, -0.1) is 11.8 Å². The molecule has 0 saturated carbocycles. The van der Waals surface area contributed by atoms with Crippen molar-refractivity contribution in [2.75, 3.05) is 11.1 Å². The van der Waals surface area contributed by atoms with Gasteiger partial charge in [-0.3, -0.25) is 14.6 Å². The highest BCUT2D eigenvalue weighted by molar-refractivity contribution is 8.00. The van der Waals surface area contributed by atoms with Crippen LogP contribution >= 0.6 is 11.8 Å². The van der Waals surface area contributed by atoms with E-state index in [-0.39, 0.29) is 11.2 Å². The van der Waals surface area contributed by atoms with Gasteiger partial charge in [0, 0.05) is 18.8 Å². The van der Waals surface area contributed by atoms with E-state index < -0.39 is 0 Å². The fourth-order valence-electron chi connectivity index (χ4n) is 2.20. The van der Waals surface area contributed by atoms with Crippen LogP contribution < -0.4 is 5.32 Å². The summed E-state index contributed by atoms with van der Waals surface area (Å²) in [4.78, 5) is 11.7. The Labute approximate surface area is 108 Å². The summed E-state index contributed by atoms with van der Waals surface area (Å²) in [5.41, 5.74) is 2.89. The summed E-state index contributed by atoms with van der Waals surface area (Å²) in [7, 11) is 1.84. The van der Waals surface area contributed by atoms with Crippen LogP contribution in [0.4, 0.5) is 5.82 Å². The lowest BCUT2D eigenvalue weighted by Gasteiger charge is -2.11. The SMILES string of the molecule is Cc1nn(C)c2c1C(c1cc[nH]n1)SCC(=O)N2. The summed E-state index contributed by atoms with van der Waals surface area (Å²) in [5.74, 6) is 1.20. The molecule has 1 aliphatic rings. The Kier molecular flexibility index (Phi) is 2.62. The first kappa shape index (κ1) is 11.3. The summed E-state index contributed by atoms with van der Waals surface area (Å²) < 4.78 is 1.72. The van der Waals surface area contributed by atoms with Crippen LogP contribution in [0.5, 0.6) is 0 Å². The normalized spacial score (nSPS) is 19.2. The zero-order valence-corrected chi connectivity index (χ0v) is 10.9. The number of hydrogen-bond acceptors (Lipinski definition) is 4. The van der Waals surface area contributed by atoms with Crippen molar-refractivity contribution >= 4 is 23.5 Å². The van der Waals surface area contributed by atoms with Crippen LogP contribution in [-0.4, -0.2) is 31.6 Å². The number of carbonyl (C=O) groups is 1. The van der Waals surface area contributed by atoms with Crippen molar-refractivity contribution in [3.63, 3.8) is 0 Å². The van der Waals surface area contributed by atoms with Crippen molar-refractivity contribution in [3.05, 3.63) is 29.2 Å². The van der Waals surface area contributed by atoms with Gasteiger partial charge in [0.05, 0.1) is 22.4 Å². The number of anilines is 1. The lowest BCUT2D eigenvalue weighted by atomic mass is 10.1. The fourth-order valence-corrected chi connectivity index (χ4v) is 3.34. The van der Waals surface area contributed by atoms with Gasteiger partial charge in [0.15, 0.2) is 0 Å². The summed E-state index contributed by atoms with van der Waals surface area (Å²) in [6.45, 7) is 1.95. The van der Waals surface area contributed by atoms with Gasteiger partial charge >= 0.3 is 0 Å². The number of aromatic nitrogens is 4. The number of thioether (sulfide) groups is 1. The van der Waals surface area contributed by atoms with Crippen LogP contribution in [0.3, 0.4) is 0 Å². The molecule has 0 aliphatic carbocycles. The number of amides is 1. The second-order valence-electron chi connectivity index (χ2n) is 4.21. The molecule has 1 amide bonds. The van der Waals surface area contributed by atoms with E-state index in [1.54, 1.807) is 22.6 Å². The van der Waals surface area contributed by atoms with Crippen LogP contribution in [0, 0.1) is 6.92 Å². The predicted octanol–water partition coefficient (Wildman–Crippen LogP) is 1.23. The quantitative estimate of drug-likeness (QED) is 0.811. The maximum Gasteiger partial charge on any atom is 0.235 e. The first-order valence-corrected chi connectivity index (χ1v) is 6.66. The van der Waals surface area contributed by atoms with E-state index in [2.05, 4.69) is 20.6 Å². The van der Waals surface area contributed by atoms with E-state index in [1.165, 1.54) is 0 Å². The Morgan fingerprint density at radius 1 is 1.56 bits per heavy atom. The van der Waals surface area contributed by atoms with Gasteiger partial charge in [-0.2, -0.15) is 10.2 Å². The predicted molar refractivity (Wildman–Crippen MR) is 69.5 cm³/mol. The molecule has 2 aromatic rings. The number of aromatic amines is 1. The Hall–Kier alpha value is -1.76. The molecule has 3 heterocycles. The molecule has 2 N–H and O–H groups in total. The molecule has 1 unspecified atom stereocenters. The Morgan fingerprint density at radius 2 is 2.39 bits per heavy atom. The van der Waals surface area contributed by atoms with Gasteiger partial charge in [-0.1, -0.05) is 0 Å². The lowest BCUT2D eigenvalue weighted by Crippen LogP contribution is -2.15. The smallest absolute Gasteiger partial charge is 0.235 e. The van der Waals surface area contributed by atoms with E-state index in [4.69, 9.17) is 0 Å². The van der Waals surface area contributed by atoms with E-state index in [0.717, 1.165) is 22.8 Å². The third-order valence-electron chi connectivity index (χ3n) is 2.96. The zero-order valence-electron chi connectivity index (χ0n) is 10.1. The van der Waals surface area contributed by atoms with Gasteiger partial charge in [0.25, 0.3) is 0 Å². The van der Waals surface area contributed by atoms with Crippen molar-refractivity contribution in [1.29, 1.82) is 0 Å². The number of fused-ring (bicyclic) bond motifs is 1. The third kappa shape index (κ3) is 1.71. The Balaban J connectivity index is 2.15. The number of hydrogen-bond donors (Lipinski definition) is 2. The van der Waals surface area contributed by atoms with E-state index in [0.29, 0.717) is 5.75 Å². The van der Waals surface area contributed by atoms with Crippen LogP contribution in [-0.2, 0) is 11.8 Å². The second kappa shape index (κ2) is 4.16. The van der Waals surface area contributed by atoms with Crippen LogP contribution in [0.1, 0.15) is 22.2 Å². The molecular formula is C11H13N5OS. The fraction of sp³-hybridized carbons (Fsp3) is 0.364. The Bertz CT molecular complexity index is 589. The van der Waals surface area contributed by atoms with E-state index in [1.807, 2.05) is 20.0 Å². The molecule has 6 nitrogen and oxygen atoms in total. The summed E-state index contributed by atoms with van der Waals surface area (Å²) in [6.07, 6.45) is 1.79. The molecule has 0 aromatic carbocycles. The average Bonchev–Trinajstić information content (AvgIpc) is 2.88. The molecule has 7 heteroatoms. The van der Waals surface area contributed by atoms with E-state index in [9.17, 15) is 4.79 Å². The molecule has 2 aromatic heterocycles. The van der Waals surface area contributed by atoms with Crippen molar-refractivity contribution in [3.8, 4) is 0 Å². The van der Waals surface area contributed by atoms with Gasteiger partial charge in [0.1, 0.15) is 5.82 Å². The van der Waals surface area contributed by atoms with Crippen molar-refractivity contribution in [2.45, 2.75) is 12.2 Å². The number of H-pyrrole nitrogens is 1. The maximum atomic E-state index is 11.7. The first-order valence-electron chi connectivity index (χ1n) is 5.61. The highest BCUT2D eigenvalue weighted by atomic mass is 32.2. The van der Waals surface area contributed by atoms with Gasteiger partial charge < -0.3 is 5.32 Å². The highest BCUT2D eigenvalue weighted by Gasteiger charge is 2.30. The number of aryl methyl sites for hydroxylation is 2. The number of rotatable bonds is 1. The molecule has 0 bridgehead atoms. The molecule has 0 radical (unpaired) electrons. The van der Waals surface area contributed by atoms with Gasteiger partial charge in [-0.25, -0.2) is 0 Å². The first-order chi connectivity index (χ1) is 8.66. The molecule has 18 heavy (non-hydrogen) atoms. The van der Waals surface area contributed by atoms with Gasteiger partial charge in [-0.05, 0) is 13.0 Å². The minimum absolute atomic E-state index is 0.00212. The third-order valence-corrected chi connectivity index (χ3v) is 4.20. The lowest BCUT2D eigenvalue weighted by molar-refractivity contribution is -0.113. The van der Waals surface area contributed by atoms with Crippen LogP contribution in [0.2, 0.25) is 0 Å². The highest BCUT2D eigenvalue weighted by Crippen LogP contribution is 2.41. The molecule has 0 fully saturated rings. The summed E-state index contributed by atoms with van der Waals surface area (Å²) in [5, 5.41) is 14.4. The topological polar surface area (TPSA) is 75.6 Å². The molecule has 0 spiro atoms. The zero-order chi connectivity index (χ0) is 12.7. The minimum Gasteiger partial charge on any atom is -0.310 e. The molecule has 3 rings (SSSR count). The molecule has 1 aliphatic heterocycles. The Morgan fingerprint density at radius 3 is 3.11 bits per heavy atom. The number of carbonyl (C=O) groups excluding carboxylic acids is 1. The molecule has 1 atom stereocenters. The van der Waals surface area contributed by atoms with Crippen molar-refractivity contribution < 1.29 is 4.79 Å². The number of nitrogens with one attached hydrogen (secondary N) is 2. The minimum atomic E-state index is 0.00212. The van der Waals surface area contributed by atoms with Crippen LogP contribution in [0.15, 0.2) is 12.3 Å². The van der Waals surface area contributed by atoms with E-state index >= 15 is 0 Å². The molecule has 94 valence electrons. The number of nitrogens with zero attached hydrogens (tertiary/aromatic N) is 3.